The molecule has 0 N–H and O–H groups in total. The summed E-state index contributed by atoms with van der Waals surface area (Å²) in [7, 11) is 0. The molecule has 4 heteroatoms. The molecule has 0 radical (unpaired) electrons. The van der Waals surface area contributed by atoms with Crippen LogP contribution in [0.5, 0.6) is 0 Å². The lowest BCUT2D eigenvalue weighted by Gasteiger charge is -2.38. The number of rotatable bonds is 4. The minimum Gasteiger partial charge on any atom is -0.466 e. The van der Waals surface area contributed by atoms with Crippen LogP contribution in [0.25, 0.3) is 0 Å². The first-order chi connectivity index (χ1) is 8.22. The Kier molecular flexibility index (Phi) is 4.40. The summed E-state index contributed by atoms with van der Waals surface area (Å²) in [5.41, 5.74) is 0. The molecule has 0 bridgehead atoms. The first kappa shape index (κ1) is 12.8. The normalized spacial score (nSPS) is 30.9. The van der Waals surface area contributed by atoms with Gasteiger partial charge < -0.3 is 9.47 Å². The summed E-state index contributed by atoms with van der Waals surface area (Å²) in [4.78, 5) is 14.0. The van der Waals surface area contributed by atoms with Gasteiger partial charge in [-0.3, -0.25) is 9.69 Å². The Morgan fingerprint density at radius 1 is 1.53 bits per heavy atom. The van der Waals surface area contributed by atoms with Crippen molar-refractivity contribution in [2.24, 2.45) is 5.92 Å². The highest BCUT2D eigenvalue weighted by molar-refractivity contribution is 5.72. The molecular formula is C13H23NO3. The van der Waals surface area contributed by atoms with Crippen LogP contribution in [0, 0.1) is 5.92 Å². The maximum Gasteiger partial charge on any atom is 0.309 e. The lowest BCUT2D eigenvalue weighted by atomic mass is 10.1. The Hall–Kier alpha value is -0.610. The van der Waals surface area contributed by atoms with Crippen LogP contribution >= 0.6 is 0 Å². The quantitative estimate of drug-likeness (QED) is 0.698. The van der Waals surface area contributed by atoms with Crippen LogP contribution in [0.15, 0.2) is 0 Å². The van der Waals surface area contributed by atoms with E-state index in [1.165, 1.54) is 19.3 Å². The molecule has 0 spiro atoms. The highest BCUT2D eigenvalue weighted by atomic mass is 16.5. The van der Waals surface area contributed by atoms with E-state index in [9.17, 15) is 4.79 Å². The molecule has 2 rings (SSSR count). The largest absolute Gasteiger partial charge is 0.466 e. The lowest BCUT2D eigenvalue weighted by molar-refractivity contribution is -0.149. The predicted octanol–water partition coefficient (Wildman–Crippen LogP) is 1.44. The van der Waals surface area contributed by atoms with E-state index in [1.807, 2.05) is 13.8 Å². The van der Waals surface area contributed by atoms with E-state index in [-0.39, 0.29) is 11.9 Å². The highest BCUT2D eigenvalue weighted by Gasteiger charge is 2.37. The fraction of sp³-hybridized carbons (Fsp3) is 0.923. The second-order valence-corrected chi connectivity index (χ2v) is 5.06. The number of ether oxygens (including phenoxy) is 2. The molecule has 0 amide bonds. The first-order valence-electron chi connectivity index (χ1n) is 6.74. The molecule has 1 aliphatic carbocycles. The van der Waals surface area contributed by atoms with Crippen molar-refractivity contribution in [3.8, 4) is 0 Å². The maximum absolute atomic E-state index is 11.6. The Morgan fingerprint density at radius 2 is 2.35 bits per heavy atom. The molecule has 0 aromatic carbocycles. The van der Waals surface area contributed by atoms with E-state index >= 15 is 0 Å². The smallest absolute Gasteiger partial charge is 0.309 e. The van der Waals surface area contributed by atoms with Gasteiger partial charge in [0.2, 0.25) is 0 Å². The van der Waals surface area contributed by atoms with Gasteiger partial charge >= 0.3 is 5.97 Å². The molecule has 2 fully saturated rings. The third-order valence-electron chi connectivity index (χ3n) is 3.79. The molecule has 0 aromatic rings. The van der Waals surface area contributed by atoms with E-state index in [1.54, 1.807) is 0 Å². The molecule has 0 aromatic heterocycles. The Bertz CT molecular complexity index is 269. The average molecular weight is 241 g/mol. The molecule has 1 heterocycles. The van der Waals surface area contributed by atoms with Crippen LogP contribution in [0.2, 0.25) is 0 Å². The summed E-state index contributed by atoms with van der Waals surface area (Å²) in [6.07, 6.45) is 4.03. The van der Waals surface area contributed by atoms with Crippen LogP contribution in [0.1, 0.15) is 33.1 Å². The zero-order valence-electron chi connectivity index (χ0n) is 10.9. The van der Waals surface area contributed by atoms with E-state index in [2.05, 4.69) is 4.90 Å². The number of hydrogen-bond donors (Lipinski definition) is 0. The number of nitrogens with zero attached hydrogens (tertiary/aromatic N) is 1. The van der Waals surface area contributed by atoms with E-state index < -0.39 is 0 Å². The summed E-state index contributed by atoms with van der Waals surface area (Å²) >= 11 is 0. The zero-order valence-corrected chi connectivity index (χ0v) is 10.9. The topological polar surface area (TPSA) is 38.8 Å². The van der Waals surface area contributed by atoms with Crippen molar-refractivity contribution in [3.63, 3.8) is 0 Å². The molecule has 17 heavy (non-hydrogen) atoms. The average Bonchev–Trinajstić information content (AvgIpc) is 2.78. The van der Waals surface area contributed by atoms with Gasteiger partial charge in [-0.25, -0.2) is 0 Å². The van der Waals surface area contributed by atoms with Crippen molar-refractivity contribution in [1.29, 1.82) is 0 Å². The zero-order chi connectivity index (χ0) is 12.3. The van der Waals surface area contributed by atoms with Gasteiger partial charge in [-0.2, -0.15) is 0 Å². The molecule has 98 valence electrons. The van der Waals surface area contributed by atoms with Gasteiger partial charge in [0.15, 0.2) is 0 Å². The number of esters is 1. The second-order valence-electron chi connectivity index (χ2n) is 5.06. The molecule has 1 saturated heterocycles. The summed E-state index contributed by atoms with van der Waals surface area (Å²) in [6.45, 7) is 6.84. The van der Waals surface area contributed by atoms with Gasteiger partial charge in [-0.05, 0) is 26.2 Å². The van der Waals surface area contributed by atoms with Gasteiger partial charge in [-0.1, -0.05) is 6.92 Å². The van der Waals surface area contributed by atoms with Gasteiger partial charge in [0, 0.05) is 19.1 Å². The van der Waals surface area contributed by atoms with Gasteiger partial charge in [0.25, 0.3) is 0 Å². The van der Waals surface area contributed by atoms with Crippen LogP contribution in [0.4, 0.5) is 0 Å². The van der Waals surface area contributed by atoms with Crippen LogP contribution in [-0.2, 0) is 14.3 Å². The third-order valence-corrected chi connectivity index (χ3v) is 3.79. The van der Waals surface area contributed by atoms with Crippen LogP contribution in [0.3, 0.4) is 0 Å². The van der Waals surface area contributed by atoms with Crippen molar-refractivity contribution in [1.82, 2.24) is 4.90 Å². The highest BCUT2D eigenvalue weighted by Crippen LogP contribution is 2.30. The fourth-order valence-electron chi connectivity index (χ4n) is 2.94. The van der Waals surface area contributed by atoms with Gasteiger partial charge in [-0.15, -0.1) is 0 Å². The van der Waals surface area contributed by atoms with Crippen LogP contribution < -0.4 is 0 Å². The minimum atomic E-state index is -0.0754. The molecular weight excluding hydrogens is 218 g/mol. The number of hydrogen-bond acceptors (Lipinski definition) is 4. The first-order valence-corrected chi connectivity index (χ1v) is 6.74. The number of carbonyl (C=O) groups excluding carboxylic acids is 1. The van der Waals surface area contributed by atoms with Gasteiger partial charge in [0.05, 0.1) is 25.2 Å². The van der Waals surface area contributed by atoms with Crippen LogP contribution in [-0.4, -0.2) is 49.3 Å². The molecule has 1 saturated carbocycles. The number of fused-ring (bicyclic) bond motifs is 1. The lowest BCUT2D eigenvalue weighted by Crippen LogP contribution is -2.50. The van der Waals surface area contributed by atoms with E-state index in [0.29, 0.717) is 18.8 Å². The van der Waals surface area contributed by atoms with Gasteiger partial charge in [0.1, 0.15) is 0 Å². The second kappa shape index (κ2) is 5.83. The third kappa shape index (κ3) is 2.99. The molecule has 4 nitrogen and oxygen atoms in total. The Morgan fingerprint density at radius 3 is 3.12 bits per heavy atom. The molecule has 1 aliphatic heterocycles. The van der Waals surface area contributed by atoms with Crippen molar-refractivity contribution in [3.05, 3.63) is 0 Å². The van der Waals surface area contributed by atoms with Crippen molar-refractivity contribution in [2.45, 2.75) is 45.3 Å². The van der Waals surface area contributed by atoms with E-state index in [0.717, 1.165) is 19.7 Å². The Balaban J connectivity index is 1.86. The number of carbonyl (C=O) groups is 1. The predicted molar refractivity (Wildman–Crippen MR) is 64.7 cm³/mol. The molecule has 3 unspecified atom stereocenters. The summed E-state index contributed by atoms with van der Waals surface area (Å²) in [5, 5.41) is 0. The Labute approximate surface area is 103 Å². The maximum atomic E-state index is 11.6. The fourth-order valence-corrected chi connectivity index (χ4v) is 2.94. The standard InChI is InChI=1S/C13H23NO3/c1-3-16-13(15)10(2)9-14-7-8-17-12-6-4-5-11(12)14/h10-12H,3-9H2,1-2H3. The summed E-state index contributed by atoms with van der Waals surface area (Å²) in [6, 6.07) is 0.528. The van der Waals surface area contributed by atoms with Crippen molar-refractivity contribution in [2.75, 3.05) is 26.3 Å². The summed E-state index contributed by atoms with van der Waals surface area (Å²) < 4.78 is 10.8. The SMILES string of the molecule is CCOC(=O)C(C)CN1CCOC2CCCC21. The molecule has 2 aliphatic rings. The monoisotopic (exact) mass is 241 g/mol. The number of morpholine rings is 1. The van der Waals surface area contributed by atoms with E-state index in [4.69, 9.17) is 9.47 Å². The van der Waals surface area contributed by atoms with Crippen molar-refractivity contribution < 1.29 is 14.3 Å². The minimum absolute atomic E-state index is 0.0331. The van der Waals surface area contributed by atoms with Crippen molar-refractivity contribution >= 4 is 5.97 Å². The molecule has 3 atom stereocenters. The summed E-state index contributed by atoms with van der Waals surface area (Å²) in [5.74, 6) is -0.108.